The summed E-state index contributed by atoms with van der Waals surface area (Å²) in [6, 6.07) is 0. The van der Waals surface area contributed by atoms with Crippen molar-refractivity contribution in [2.45, 2.75) is 20.3 Å². The first kappa shape index (κ1) is 9.91. The van der Waals surface area contributed by atoms with E-state index < -0.39 is 10.1 Å². The van der Waals surface area contributed by atoms with E-state index in [4.69, 9.17) is 0 Å². The van der Waals surface area contributed by atoms with Gasteiger partial charge in [-0.25, -0.2) is 0 Å². The lowest BCUT2D eigenvalue weighted by atomic mass is 10.2. The minimum atomic E-state index is -3.33. The van der Waals surface area contributed by atoms with Crippen molar-refractivity contribution in [3.63, 3.8) is 0 Å². The summed E-state index contributed by atoms with van der Waals surface area (Å²) in [6.45, 7) is 3.91. The minimum Gasteiger partial charge on any atom is -0.268 e. The molecule has 0 amide bonds. The lowest BCUT2D eigenvalue weighted by Gasteiger charge is -2.02. The van der Waals surface area contributed by atoms with Gasteiger partial charge in [0.1, 0.15) is 0 Å². The quantitative estimate of drug-likeness (QED) is 0.587. The molecular weight excluding hydrogens is 152 g/mol. The lowest BCUT2D eigenvalue weighted by Crippen LogP contribution is -2.08. The Morgan fingerprint density at radius 3 is 2.30 bits per heavy atom. The van der Waals surface area contributed by atoms with Crippen molar-refractivity contribution >= 4 is 10.1 Å². The molecule has 0 heterocycles. The zero-order valence-electron chi connectivity index (χ0n) is 6.33. The Bertz CT molecular complexity index is 169. The molecule has 1 radical (unpaired) electrons. The third kappa shape index (κ3) is 4.76. The number of hydrogen-bond donors (Lipinski definition) is 0. The fourth-order valence-corrected chi connectivity index (χ4v) is 1.32. The summed E-state index contributed by atoms with van der Waals surface area (Å²) in [7, 11) is -0.478. The van der Waals surface area contributed by atoms with Crippen LogP contribution in [-0.4, -0.2) is 14.2 Å². The van der Waals surface area contributed by atoms with Crippen molar-refractivity contribution in [2.24, 2.45) is 5.92 Å². The van der Waals surface area contributed by atoms with Gasteiger partial charge in [0, 0.05) is 0 Å². The highest BCUT2D eigenvalue weighted by Gasteiger charge is 2.08. The third-order valence-corrected chi connectivity index (χ3v) is 2.22. The van der Waals surface area contributed by atoms with Crippen LogP contribution in [0.2, 0.25) is 0 Å². The van der Waals surface area contributed by atoms with Gasteiger partial charge >= 0.3 is 0 Å². The third-order valence-electron chi connectivity index (χ3n) is 1.12. The van der Waals surface area contributed by atoms with E-state index in [1.54, 1.807) is 0 Å². The zero-order chi connectivity index (χ0) is 8.20. The van der Waals surface area contributed by atoms with Crippen molar-refractivity contribution in [1.82, 2.24) is 0 Å². The second-order valence-electron chi connectivity index (χ2n) is 2.56. The second-order valence-corrected chi connectivity index (χ2v) is 4.32. The van der Waals surface area contributed by atoms with Crippen LogP contribution in [0.4, 0.5) is 0 Å². The van der Waals surface area contributed by atoms with Crippen molar-refractivity contribution in [3.05, 3.63) is 7.11 Å². The van der Waals surface area contributed by atoms with Gasteiger partial charge in [-0.1, -0.05) is 13.8 Å². The molecule has 0 aliphatic carbocycles. The Labute approximate surface area is 62.5 Å². The molecule has 0 saturated carbocycles. The second kappa shape index (κ2) is 3.93. The van der Waals surface area contributed by atoms with Crippen LogP contribution in [-0.2, 0) is 14.3 Å². The fraction of sp³-hybridized carbons (Fsp3) is 0.833. The van der Waals surface area contributed by atoms with Crippen molar-refractivity contribution in [3.8, 4) is 0 Å². The summed E-state index contributed by atoms with van der Waals surface area (Å²) in [4.78, 5) is 0. The lowest BCUT2D eigenvalue weighted by molar-refractivity contribution is 0.432. The molecule has 0 atom stereocenters. The highest BCUT2D eigenvalue weighted by molar-refractivity contribution is 7.86. The average Bonchev–Trinajstić information content (AvgIpc) is 1.85. The molecule has 0 unspecified atom stereocenters. The van der Waals surface area contributed by atoms with Crippen LogP contribution >= 0.6 is 0 Å². The molecule has 4 heteroatoms. The summed E-state index contributed by atoms with van der Waals surface area (Å²) < 4.78 is 25.2. The molecular formula is C6H13O3S. The number of rotatable bonds is 4. The van der Waals surface area contributed by atoms with Crippen molar-refractivity contribution in [1.29, 1.82) is 0 Å². The highest BCUT2D eigenvalue weighted by Crippen LogP contribution is 2.03. The molecule has 10 heavy (non-hydrogen) atoms. The minimum absolute atomic E-state index is 0.0637. The van der Waals surface area contributed by atoms with Crippen LogP contribution in [0.3, 0.4) is 0 Å². The standard InChI is InChI=1S/C6H13O3S/c1-6(2)4-5-10(7,8)9-3/h6H,3-5H2,1-2H3. The fourth-order valence-electron chi connectivity index (χ4n) is 0.439. The molecule has 0 saturated heterocycles. The summed E-state index contributed by atoms with van der Waals surface area (Å²) in [5.41, 5.74) is 0. The maximum atomic E-state index is 10.6. The molecule has 0 aliphatic heterocycles. The maximum absolute atomic E-state index is 10.6. The summed E-state index contributed by atoms with van der Waals surface area (Å²) in [6.07, 6.45) is 0.623. The Kier molecular flexibility index (Phi) is 3.89. The summed E-state index contributed by atoms with van der Waals surface area (Å²) in [5.74, 6) is 0.443. The van der Waals surface area contributed by atoms with Crippen LogP contribution < -0.4 is 0 Å². The Hall–Kier alpha value is -0.0900. The number of hydrogen-bond acceptors (Lipinski definition) is 3. The molecule has 0 aromatic carbocycles. The highest BCUT2D eigenvalue weighted by atomic mass is 32.2. The molecule has 0 aromatic heterocycles. The van der Waals surface area contributed by atoms with Crippen LogP contribution in [0.5, 0.6) is 0 Å². The van der Waals surface area contributed by atoms with E-state index in [-0.39, 0.29) is 5.75 Å². The van der Waals surface area contributed by atoms with E-state index in [1.807, 2.05) is 13.8 Å². The summed E-state index contributed by atoms with van der Waals surface area (Å²) in [5, 5.41) is 0. The van der Waals surface area contributed by atoms with Gasteiger partial charge in [-0.2, -0.15) is 8.42 Å². The van der Waals surface area contributed by atoms with Crippen molar-refractivity contribution < 1.29 is 12.6 Å². The Morgan fingerprint density at radius 1 is 1.50 bits per heavy atom. The molecule has 3 nitrogen and oxygen atoms in total. The molecule has 0 N–H and O–H groups in total. The normalized spacial score (nSPS) is 12.4. The molecule has 0 aliphatic rings. The van der Waals surface area contributed by atoms with Gasteiger partial charge in [-0.15, -0.1) is 0 Å². The van der Waals surface area contributed by atoms with E-state index in [0.717, 1.165) is 0 Å². The van der Waals surface area contributed by atoms with E-state index in [0.29, 0.717) is 12.3 Å². The van der Waals surface area contributed by atoms with E-state index in [9.17, 15) is 8.42 Å². The summed E-state index contributed by atoms with van der Waals surface area (Å²) >= 11 is 0. The molecule has 0 fully saturated rings. The van der Waals surface area contributed by atoms with Gasteiger partial charge in [-0.3, -0.25) is 4.18 Å². The van der Waals surface area contributed by atoms with E-state index >= 15 is 0 Å². The van der Waals surface area contributed by atoms with E-state index in [2.05, 4.69) is 11.3 Å². The predicted octanol–water partition coefficient (Wildman–Crippen LogP) is 1.17. The van der Waals surface area contributed by atoms with Gasteiger partial charge in [0.05, 0.1) is 12.9 Å². The Morgan fingerprint density at radius 2 is 2.00 bits per heavy atom. The maximum Gasteiger partial charge on any atom is 0.267 e. The van der Waals surface area contributed by atoms with Gasteiger partial charge in [0.15, 0.2) is 0 Å². The predicted molar refractivity (Wildman–Crippen MR) is 39.7 cm³/mol. The van der Waals surface area contributed by atoms with Gasteiger partial charge in [0.2, 0.25) is 0 Å². The first-order chi connectivity index (χ1) is 4.48. The monoisotopic (exact) mass is 165 g/mol. The van der Waals surface area contributed by atoms with Gasteiger partial charge in [0.25, 0.3) is 10.1 Å². The smallest absolute Gasteiger partial charge is 0.267 e. The SMILES string of the molecule is [CH2]OS(=O)(=O)CCC(C)C. The zero-order valence-corrected chi connectivity index (χ0v) is 7.15. The molecule has 0 rings (SSSR count). The van der Waals surface area contributed by atoms with Crippen molar-refractivity contribution in [2.75, 3.05) is 5.75 Å². The van der Waals surface area contributed by atoms with Crippen LogP contribution in [0.1, 0.15) is 20.3 Å². The van der Waals surface area contributed by atoms with Crippen LogP contribution in [0.15, 0.2) is 0 Å². The first-order valence-corrected chi connectivity index (χ1v) is 4.72. The van der Waals surface area contributed by atoms with Crippen LogP contribution in [0.25, 0.3) is 0 Å². The first-order valence-electron chi connectivity index (χ1n) is 3.14. The van der Waals surface area contributed by atoms with Crippen LogP contribution in [0, 0.1) is 13.0 Å². The molecule has 0 aromatic rings. The van der Waals surface area contributed by atoms with E-state index in [1.165, 1.54) is 0 Å². The Balaban J connectivity index is 3.70. The molecule has 0 spiro atoms. The van der Waals surface area contributed by atoms with Gasteiger partial charge in [-0.05, 0) is 12.3 Å². The van der Waals surface area contributed by atoms with Gasteiger partial charge < -0.3 is 0 Å². The molecule has 61 valence electrons. The topological polar surface area (TPSA) is 43.4 Å². The largest absolute Gasteiger partial charge is 0.268 e. The molecule has 0 bridgehead atoms. The average molecular weight is 165 g/mol.